The summed E-state index contributed by atoms with van der Waals surface area (Å²) in [6, 6.07) is 5.31. The van der Waals surface area contributed by atoms with Gasteiger partial charge in [-0.2, -0.15) is 8.42 Å². The number of aliphatic hydroxyl groups is 1. The maximum atomic E-state index is 13.5. The Morgan fingerprint density at radius 2 is 2.10 bits per heavy atom. The minimum atomic E-state index is -3.92. The number of aryl methyl sites for hydroxylation is 1. The summed E-state index contributed by atoms with van der Waals surface area (Å²) in [4.78, 5) is 3.77. The Morgan fingerprint density at radius 1 is 1.38 bits per heavy atom. The number of pyridine rings is 1. The lowest BCUT2D eigenvalue weighted by molar-refractivity contribution is 0.281. The minimum absolute atomic E-state index is 0.142. The fraction of sp³-hybridized carbons (Fsp3) is 0.154. The van der Waals surface area contributed by atoms with Crippen molar-refractivity contribution in [1.29, 1.82) is 0 Å². The molecule has 0 unspecified atom stereocenters. The third-order valence-corrected chi connectivity index (χ3v) is 4.66. The van der Waals surface area contributed by atoms with Crippen molar-refractivity contribution in [1.82, 2.24) is 4.98 Å². The van der Waals surface area contributed by atoms with Crippen LogP contribution in [0.2, 0.25) is 0 Å². The number of benzene rings is 1. The fourth-order valence-electron chi connectivity index (χ4n) is 1.62. The molecule has 0 bridgehead atoms. The SMILES string of the molecule is Cc1cc(Br)c(F)cc1NS(=O)(=O)c1ccc(CO)cn1. The first-order valence-corrected chi connectivity index (χ1v) is 8.15. The van der Waals surface area contributed by atoms with E-state index in [0.29, 0.717) is 11.1 Å². The van der Waals surface area contributed by atoms with Crippen LogP contribution in [-0.4, -0.2) is 18.5 Å². The van der Waals surface area contributed by atoms with Crippen LogP contribution >= 0.6 is 15.9 Å². The van der Waals surface area contributed by atoms with Crippen molar-refractivity contribution in [2.45, 2.75) is 18.6 Å². The van der Waals surface area contributed by atoms with E-state index in [2.05, 4.69) is 25.6 Å². The number of nitrogens with one attached hydrogen (secondary N) is 1. The molecule has 2 aromatic rings. The highest BCUT2D eigenvalue weighted by Crippen LogP contribution is 2.25. The number of anilines is 1. The zero-order chi connectivity index (χ0) is 15.6. The second kappa shape index (κ2) is 6.08. The van der Waals surface area contributed by atoms with Crippen molar-refractivity contribution in [3.05, 3.63) is 51.9 Å². The minimum Gasteiger partial charge on any atom is -0.392 e. The van der Waals surface area contributed by atoms with E-state index >= 15 is 0 Å². The van der Waals surface area contributed by atoms with Crippen LogP contribution < -0.4 is 4.72 Å². The van der Waals surface area contributed by atoms with Crippen molar-refractivity contribution >= 4 is 31.6 Å². The summed E-state index contributed by atoms with van der Waals surface area (Å²) in [5, 5.41) is 8.70. The molecule has 0 aliphatic rings. The van der Waals surface area contributed by atoms with Gasteiger partial charge in [0.2, 0.25) is 0 Å². The fourth-order valence-corrected chi connectivity index (χ4v) is 3.13. The van der Waals surface area contributed by atoms with Gasteiger partial charge < -0.3 is 5.11 Å². The van der Waals surface area contributed by atoms with Crippen LogP contribution in [0.25, 0.3) is 0 Å². The summed E-state index contributed by atoms with van der Waals surface area (Å²) in [6.07, 6.45) is 1.27. The zero-order valence-corrected chi connectivity index (χ0v) is 13.4. The molecule has 0 saturated carbocycles. The second-order valence-electron chi connectivity index (χ2n) is 4.35. The van der Waals surface area contributed by atoms with E-state index in [1.165, 1.54) is 24.4 Å². The van der Waals surface area contributed by atoms with E-state index < -0.39 is 15.8 Å². The number of hydrogen-bond donors (Lipinski definition) is 2. The molecule has 0 spiro atoms. The van der Waals surface area contributed by atoms with E-state index in [1.54, 1.807) is 6.92 Å². The molecule has 2 N–H and O–H groups in total. The van der Waals surface area contributed by atoms with Crippen molar-refractivity contribution in [3.63, 3.8) is 0 Å². The summed E-state index contributed by atoms with van der Waals surface area (Å²) >= 11 is 3.03. The van der Waals surface area contributed by atoms with Crippen LogP contribution in [0.15, 0.2) is 40.0 Å². The molecule has 1 aromatic carbocycles. The lowest BCUT2D eigenvalue weighted by Gasteiger charge is -2.11. The van der Waals surface area contributed by atoms with E-state index in [1.807, 2.05) is 0 Å². The average molecular weight is 375 g/mol. The first-order valence-electron chi connectivity index (χ1n) is 5.88. The Balaban J connectivity index is 2.34. The number of aliphatic hydroxyl groups excluding tert-OH is 1. The Morgan fingerprint density at radius 3 is 2.67 bits per heavy atom. The third kappa shape index (κ3) is 3.58. The first-order chi connectivity index (χ1) is 9.83. The maximum Gasteiger partial charge on any atom is 0.279 e. The van der Waals surface area contributed by atoms with Gasteiger partial charge in [-0.05, 0) is 52.2 Å². The van der Waals surface area contributed by atoms with Gasteiger partial charge in [-0.25, -0.2) is 9.37 Å². The largest absolute Gasteiger partial charge is 0.392 e. The van der Waals surface area contributed by atoms with Gasteiger partial charge in [0, 0.05) is 6.20 Å². The third-order valence-electron chi connectivity index (χ3n) is 2.77. The van der Waals surface area contributed by atoms with Crippen molar-refractivity contribution < 1.29 is 17.9 Å². The Kier molecular flexibility index (Phi) is 4.60. The van der Waals surface area contributed by atoms with Gasteiger partial charge in [-0.1, -0.05) is 6.07 Å². The number of hydrogen-bond acceptors (Lipinski definition) is 4. The molecule has 0 aliphatic carbocycles. The first kappa shape index (κ1) is 15.9. The molecular weight excluding hydrogens is 363 g/mol. The van der Waals surface area contributed by atoms with Gasteiger partial charge in [0.05, 0.1) is 16.8 Å². The monoisotopic (exact) mass is 374 g/mol. The lowest BCUT2D eigenvalue weighted by atomic mass is 10.2. The van der Waals surface area contributed by atoms with Gasteiger partial charge in [0.15, 0.2) is 5.03 Å². The Hall–Kier alpha value is -1.51. The van der Waals surface area contributed by atoms with Crippen molar-refractivity contribution in [2.24, 2.45) is 0 Å². The lowest BCUT2D eigenvalue weighted by Crippen LogP contribution is -2.15. The maximum absolute atomic E-state index is 13.5. The quantitative estimate of drug-likeness (QED) is 0.861. The van der Waals surface area contributed by atoms with Crippen LogP contribution in [0.1, 0.15) is 11.1 Å². The highest BCUT2D eigenvalue weighted by molar-refractivity contribution is 9.10. The van der Waals surface area contributed by atoms with Crippen LogP contribution in [-0.2, 0) is 16.6 Å². The molecule has 0 radical (unpaired) electrons. The van der Waals surface area contributed by atoms with Crippen LogP contribution in [0.5, 0.6) is 0 Å². The van der Waals surface area contributed by atoms with Crippen molar-refractivity contribution in [3.8, 4) is 0 Å². The Labute approximate surface area is 130 Å². The molecule has 2 rings (SSSR count). The predicted octanol–water partition coefficient (Wildman–Crippen LogP) is 2.58. The smallest absolute Gasteiger partial charge is 0.279 e. The summed E-state index contributed by atoms with van der Waals surface area (Å²) in [5.74, 6) is -0.568. The Bertz CT molecular complexity index is 764. The summed E-state index contributed by atoms with van der Waals surface area (Å²) in [6.45, 7) is 1.43. The summed E-state index contributed by atoms with van der Waals surface area (Å²) in [7, 11) is -3.92. The number of aromatic nitrogens is 1. The number of nitrogens with zero attached hydrogens (tertiary/aromatic N) is 1. The molecule has 0 atom stereocenters. The second-order valence-corrected chi connectivity index (χ2v) is 6.83. The van der Waals surface area contributed by atoms with Crippen LogP contribution in [0.4, 0.5) is 10.1 Å². The van der Waals surface area contributed by atoms with Crippen LogP contribution in [0.3, 0.4) is 0 Å². The van der Waals surface area contributed by atoms with Gasteiger partial charge in [-0.3, -0.25) is 4.72 Å². The molecule has 8 heteroatoms. The number of halogens is 2. The molecule has 0 amide bonds. The average Bonchev–Trinajstić information content (AvgIpc) is 2.44. The standard InChI is InChI=1S/C13H12BrFN2O3S/c1-8-4-10(14)11(15)5-12(8)17-21(19,20)13-3-2-9(7-18)6-16-13/h2-6,17-18H,7H2,1H3. The van der Waals surface area contributed by atoms with Gasteiger partial charge >= 0.3 is 0 Å². The molecule has 112 valence electrons. The molecule has 1 heterocycles. The van der Waals surface area contributed by atoms with Gasteiger partial charge in [0.25, 0.3) is 10.0 Å². The van der Waals surface area contributed by atoms with Gasteiger partial charge in [0.1, 0.15) is 5.82 Å². The normalized spacial score (nSPS) is 11.4. The summed E-state index contributed by atoms with van der Waals surface area (Å²) < 4.78 is 40.4. The molecule has 5 nitrogen and oxygen atoms in total. The molecule has 1 aromatic heterocycles. The predicted molar refractivity (Wildman–Crippen MR) is 79.8 cm³/mol. The molecular formula is C13H12BrFN2O3S. The highest BCUT2D eigenvalue weighted by Gasteiger charge is 2.17. The topological polar surface area (TPSA) is 79.3 Å². The van der Waals surface area contributed by atoms with Crippen molar-refractivity contribution in [2.75, 3.05) is 4.72 Å². The molecule has 0 aliphatic heterocycles. The molecule has 0 fully saturated rings. The van der Waals surface area contributed by atoms with E-state index in [-0.39, 0.29) is 21.8 Å². The number of rotatable bonds is 4. The zero-order valence-electron chi connectivity index (χ0n) is 11.0. The van der Waals surface area contributed by atoms with E-state index in [4.69, 9.17) is 5.11 Å². The van der Waals surface area contributed by atoms with Crippen LogP contribution in [0, 0.1) is 12.7 Å². The van der Waals surface area contributed by atoms with Gasteiger partial charge in [-0.15, -0.1) is 0 Å². The van der Waals surface area contributed by atoms with E-state index in [0.717, 1.165) is 6.07 Å². The number of sulfonamides is 1. The summed E-state index contributed by atoms with van der Waals surface area (Å²) in [5.41, 5.74) is 1.21. The van der Waals surface area contributed by atoms with E-state index in [9.17, 15) is 12.8 Å². The highest BCUT2D eigenvalue weighted by atomic mass is 79.9. The molecule has 21 heavy (non-hydrogen) atoms. The molecule has 0 saturated heterocycles.